The van der Waals surface area contributed by atoms with Crippen LogP contribution in [-0.4, -0.2) is 12.1 Å². The fourth-order valence-corrected chi connectivity index (χ4v) is 2.47. The van der Waals surface area contributed by atoms with Crippen molar-refractivity contribution in [3.8, 4) is 5.75 Å². The third kappa shape index (κ3) is 2.64. The summed E-state index contributed by atoms with van der Waals surface area (Å²) in [5.41, 5.74) is 7.70. The summed E-state index contributed by atoms with van der Waals surface area (Å²) in [6.45, 7) is 11.1. The topological polar surface area (TPSA) is 35.2 Å². The predicted molar refractivity (Wildman–Crippen MR) is 80.5 cm³/mol. The molecule has 0 aliphatic heterocycles. The van der Waals surface area contributed by atoms with Gasteiger partial charge in [-0.3, -0.25) is 0 Å². The molecule has 0 spiro atoms. The summed E-state index contributed by atoms with van der Waals surface area (Å²) in [4.78, 5) is 0. The molecular formula is C17H27NO. The van der Waals surface area contributed by atoms with Gasteiger partial charge in [0.15, 0.2) is 0 Å². The van der Waals surface area contributed by atoms with Gasteiger partial charge in [0.05, 0.1) is 0 Å². The number of benzene rings is 1. The monoisotopic (exact) mass is 261 g/mol. The SMILES string of the molecule is CCC(C)(C)c1ccc(OC2CC(N)C2(C)C)cc1. The molecule has 1 saturated carbocycles. The summed E-state index contributed by atoms with van der Waals surface area (Å²) >= 11 is 0. The molecule has 1 aliphatic rings. The average molecular weight is 261 g/mol. The predicted octanol–water partition coefficient (Wildman–Crippen LogP) is 3.88. The van der Waals surface area contributed by atoms with Gasteiger partial charge in [-0.1, -0.05) is 46.8 Å². The molecule has 2 nitrogen and oxygen atoms in total. The summed E-state index contributed by atoms with van der Waals surface area (Å²) in [5.74, 6) is 0.959. The molecule has 1 fully saturated rings. The van der Waals surface area contributed by atoms with E-state index in [-0.39, 0.29) is 23.0 Å². The Hall–Kier alpha value is -1.02. The van der Waals surface area contributed by atoms with E-state index < -0.39 is 0 Å². The van der Waals surface area contributed by atoms with Gasteiger partial charge in [0.25, 0.3) is 0 Å². The summed E-state index contributed by atoms with van der Waals surface area (Å²) in [5, 5.41) is 0. The standard InChI is InChI=1S/C17H27NO/c1-6-16(2,3)12-7-9-13(10-8-12)19-15-11-14(18)17(15,4)5/h7-10,14-15H,6,11,18H2,1-5H3. The van der Waals surface area contributed by atoms with E-state index in [4.69, 9.17) is 10.5 Å². The molecule has 1 aromatic carbocycles. The molecule has 1 aromatic rings. The van der Waals surface area contributed by atoms with Crippen LogP contribution in [0.1, 0.15) is 53.0 Å². The molecule has 2 unspecified atom stereocenters. The first-order valence-electron chi connectivity index (χ1n) is 7.30. The number of ether oxygens (including phenoxy) is 1. The second-order valence-corrected chi connectivity index (χ2v) is 7.03. The van der Waals surface area contributed by atoms with E-state index in [1.54, 1.807) is 0 Å². The highest BCUT2D eigenvalue weighted by atomic mass is 16.5. The van der Waals surface area contributed by atoms with Crippen molar-refractivity contribution in [2.45, 2.75) is 65.0 Å². The lowest BCUT2D eigenvalue weighted by molar-refractivity contribution is -0.0399. The van der Waals surface area contributed by atoms with Gasteiger partial charge >= 0.3 is 0 Å². The van der Waals surface area contributed by atoms with Crippen LogP contribution in [0.3, 0.4) is 0 Å². The van der Waals surface area contributed by atoms with Gasteiger partial charge in [-0.05, 0) is 29.5 Å². The molecule has 2 N–H and O–H groups in total. The molecule has 2 heteroatoms. The van der Waals surface area contributed by atoms with Gasteiger partial charge in [0, 0.05) is 17.9 Å². The Bertz CT molecular complexity index is 433. The zero-order valence-electron chi connectivity index (χ0n) is 12.9. The molecule has 19 heavy (non-hydrogen) atoms. The van der Waals surface area contributed by atoms with E-state index in [1.165, 1.54) is 5.56 Å². The molecule has 2 rings (SSSR count). The number of rotatable bonds is 4. The third-order valence-corrected chi connectivity index (χ3v) is 5.05. The second kappa shape index (κ2) is 4.82. The molecule has 0 heterocycles. The van der Waals surface area contributed by atoms with Crippen molar-refractivity contribution < 1.29 is 4.74 Å². The van der Waals surface area contributed by atoms with Crippen molar-refractivity contribution in [3.63, 3.8) is 0 Å². The lowest BCUT2D eigenvalue weighted by atomic mass is 9.65. The number of nitrogens with two attached hydrogens (primary N) is 1. The van der Waals surface area contributed by atoms with E-state index in [9.17, 15) is 0 Å². The lowest BCUT2D eigenvalue weighted by Crippen LogP contribution is -2.60. The normalized spacial score (nSPS) is 25.8. The summed E-state index contributed by atoms with van der Waals surface area (Å²) in [6.07, 6.45) is 2.33. The first kappa shape index (κ1) is 14.4. The smallest absolute Gasteiger partial charge is 0.119 e. The number of hydrogen-bond acceptors (Lipinski definition) is 2. The highest BCUT2D eigenvalue weighted by molar-refractivity contribution is 5.32. The van der Waals surface area contributed by atoms with Crippen molar-refractivity contribution in [2.24, 2.45) is 11.1 Å². The van der Waals surface area contributed by atoms with Crippen LogP contribution < -0.4 is 10.5 Å². The van der Waals surface area contributed by atoms with E-state index in [1.807, 2.05) is 0 Å². The molecule has 1 aliphatic carbocycles. The van der Waals surface area contributed by atoms with E-state index in [0.717, 1.165) is 18.6 Å². The van der Waals surface area contributed by atoms with Gasteiger partial charge in [-0.2, -0.15) is 0 Å². The van der Waals surface area contributed by atoms with Crippen LogP contribution in [0.5, 0.6) is 5.75 Å². The highest BCUT2D eigenvalue weighted by Crippen LogP contribution is 2.41. The van der Waals surface area contributed by atoms with Gasteiger partial charge in [0.2, 0.25) is 0 Å². The van der Waals surface area contributed by atoms with E-state index >= 15 is 0 Å². The van der Waals surface area contributed by atoms with E-state index in [0.29, 0.717) is 0 Å². The van der Waals surface area contributed by atoms with Crippen LogP contribution in [0.25, 0.3) is 0 Å². The fraction of sp³-hybridized carbons (Fsp3) is 0.647. The van der Waals surface area contributed by atoms with Crippen molar-refractivity contribution in [3.05, 3.63) is 29.8 Å². The van der Waals surface area contributed by atoms with Gasteiger partial charge in [0.1, 0.15) is 11.9 Å². The Balaban J connectivity index is 2.04. The van der Waals surface area contributed by atoms with Crippen LogP contribution in [0, 0.1) is 5.41 Å². The Kier molecular flexibility index (Phi) is 3.65. The minimum Gasteiger partial charge on any atom is -0.490 e. The first-order valence-corrected chi connectivity index (χ1v) is 7.30. The Morgan fingerprint density at radius 2 is 1.84 bits per heavy atom. The van der Waals surface area contributed by atoms with Crippen LogP contribution in [0.15, 0.2) is 24.3 Å². The maximum atomic E-state index is 6.06. The second-order valence-electron chi connectivity index (χ2n) is 7.03. The van der Waals surface area contributed by atoms with Crippen molar-refractivity contribution >= 4 is 0 Å². The summed E-state index contributed by atoms with van der Waals surface area (Å²) < 4.78 is 6.06. The Morgan fingerprint density at radius 1 is 1.26 bits per heavy atom. The van der Waals surface area contributed by atoms with E-state index in [2.05, 4.69) is 58.9 Å². The molecule has 0 bridgehead atoms. The van der Waals surface area contributed by atoms with Crippen LogP contribution >= 0.6 is 0 Å². The van der Waals surface area contributed by atoms with Crippen molar-refractivity contribution in [2.75, 3.05) is 0 Å². The number of hydrogen-bond donors (Lipinski definition) is 1. The molecule has 0 aromatic heterocycles. The largest absolute Gasteiger partial charge is 0.490 e. The minimum absolute atomic E-state index is 0.0847. The lowest BCUT2D eigenvalue weighted by Gasteiger charge is -2.49. The maximum Gasteiger partial charge on any atom is 0.119 e. The van der Waals surface area contributed by atoms with Crippen LogP contribution in [0.4, 0.5) is 0 Å². The Morgan fingerprint density at radius 3 is 2.26 bits per heavy atom. The van der Waals surface area contributed by atoms with Crippen LogP contribution in [-0.2, 0) is 5.41 Å². The molecule has 106 valence electrons. The van der Waals surface area contributed by atoms with Gasteiger partial charge in [-0.25, -0.2) is 0 Å². The third-order valence-electron chi connectivity index (χ3n) is 5.05. The fourth-order valence-electron chi connectivity index (χ4n) is 2.47. The molecule has 0 saturated heterocycles. The van der Waals surface area contributed by atoms with Gasteiger partial charge in [-0.15, -0.1) is 0 Å². The molecule has 0 amide bonds. The summed E-state index contributed by atoms with van der Waals surface area (Å²) in [7, 11) is 0. The summed E-state index contributed by atoms with van der Waals surface area (Å²) in [6, 6.07) is 8.81. The Labute approximate surface area is 117 Å². The molecule has 2 atom stereocenters. The zero-order valence-corrected chi connectivity index (χ0v) is 12.9. The van der Waals surface area contributed by atoms with Crippen LogP contribution in [0.2, 0.25) is 0 Å². The van der Waals surface area contributed by atoms with Crippen molar-refractivity contribution in [1.82, 2.24) is 0 Å². The average Bonchev–Trinajstić information content (AvgIpc) is 2.39. The first-order chi connectivity index (χ1) is 8.77. The quantitative estimate of drug-likeness (QED) is 0.892. The van der Waals surface area contributed by atoms with Gasteiger partial charge < -0.3 is 10.5 Å². The minimum atomic E-state index is 0.0847. The van der Waals surface area contributed by atoms with Crippen molar-refractivity contribution in [1.29, 1.82) is 0 Å². The zero-order chi connectivity index (χ0) is 14.3. The molecular weight excluding hydrogens is 234 g/mol. The highest BCUT2D eigenvalue weighted by Gasteiger charge is 2.47. The maximum absolute atomic E-state index is 6.06. The molecule has 0 radical (unpaired) electrons.